The SMILES string of the molecule is C[C@@H](O)[C@H](NC(=O)C(CN)c1ccccc1)C(=O)O. The van der Waals surface area contributed by atoms with Gasteiger partial charge in [-0.05, 0) is 12.5 Å². The Balaban J connectivity index is 2.83. The molecule has 0 radical (unpaired) electrons. The van der Waals surface area contributed by atoms with Gasteiger partial charge in [-0.3, -0.25) is 4.79 Å². The number of aliphatic hydroxyl groups excluding tert-OH is 1. The fourth-order valence-electron chi connectivity index (χ4n) is 1.72. The van der Waals surface area contributed by atoms with Gasteiger partial charge in [-0.25, -0.2) is 4.79 Å². The number of nitrogens with two attached hydrogens (primary N) is 1. The molecule has 0 aliphatic heterocycles. The summed E-state index contributed by atoms with van der Waals surface area (Å²) in [4.78, 5) is 22.9. The molecule has 1 aromatic carbocycles. The molecule has 19 heavy (non-hydrogen) atoms. The van der Waals surface area contributed by atoms with Crippen LogP contribution in [-0.2, 0) is 9.59 Å². The number of rotatable bonds is 6. The van der Waals surface area contributed by atoms with Crippen molar-refractivity contribution in [2.45, 2.75) is 25.0 Å². The molecule has 0 aliphatic carbocycles. The largest absolute Gasteiger partial charge is 0.480 e. The second-order valence-electron chi connectivity index (χ2n) is 4.26. The van der Waals surface area contributed by atoms with Crippen molar-refractivity contribution in [3.8, 4) is 0 Å². The summed E-state index contributed by atoms with van der Waals surface area (Å²) in [6.07, 6.45) is -1.18. The first-order valence-electron chi connectivity index (χ1n) is 5.93. The van der Waals surface area contributed by atoms with E-state index in [2.05, 4.69) is 5.32 Å². The maximum Gasteiger partial charge on any atom is 0.328 e. The number of carbonyl (C=O) groups is 2. The van der Waals surface area contributed by atoms with Crippen LogP contribution in [0.2, 0.25) is 0 Å². The van der Waals surface area contributed by atoms with Gasteiger partial charge < -0.3 is 21.3 Å². The van der Waals surface area contributed by atoms with Crippen LogP contribution >= 0.6 is 0 Å². The minimum Gasteiger partial charge on any atom is -0.480 e. The third kappa shape index (κ3) is 4.04. The summed E-state index contributed by atoms with van der Waals surface area (Å²) in [5, 5.41) is 20.5. The second-order valence-corrected chi connectivity index (χ2v) is 4.26. The van der Waals surface area contributed by atoms with E-state index in [-0.39, 0.29) is 6.54 Å². The minimum atomic E-state index is -1.34. The number of carboxylic acids is 1. The minimum absolute atomic E-state index is 0.0575. The molecule has 0 spiro atoms. The molecule has 1 aromatic rings. The summed E-state index contributed by atoms with van der Waals surface area (Å²) in [6.45, 7) is 1.36. The first kappa shape index (κ1) is 15.1. The smallest absolute Gasteiger partial charge is 0.328 e. The number of hydrogen-bond donors (Lipinski definition) is 4. The van der Waals surface area contributed by atoms with E-state index in [4.69, 9.17) is 10.8 Å². The van der Waals surface area contributed by atoms with E-state index in [1.165, 1.54) is 6.92 Å². The van der Waals surface area contributed by atoms with Crippen LogP contribution in [0.5, 0.6) is 0 Å². The molecule has 0 saturated carbocycles. The number of aliphatic hydroxyl groups is 1. The standard InChI is InChI=1S/C13H18N2O4/c1-8(16)11(13(18)19)15-12(17)10(7-14)9-5-3-2-4-6-9/h2-6,8,10-11,16H,7,14H2,1H3,(H,15,17)(H,18,19)/t8-,10?,11+/m1/s1. The van der Waals surface area contributed by atoms with Crippen LogP contribution < -0.4 is 11.1 Å². The third-order valence-corrected chi connectivity index (χ3v) is 2.80. The lowest BCUT2D eigenvalue weighted by atomic mass is 9.97. The van der Waals surface area contributed by atoms with Gasteiger partial charge in [0.1, 0.15) is 0 Å². The Morgan fingerprint density at radius 2 is 1.89 bits per heavy atom. The molecule has 6 nitrogen and oxygen atoms in total. The van der Waals surface area contributed by atoms with Crippen molar-refractivity contribution in [3.05, 3.63) is 35.9 Å². The molecule has 5 N–H and O–H groups in total. The Morgan fingerprint density at radius 1 is 1.32 bits per heavy atom. The number of carboxylic acid groups (broad SMARTS) is 1. The molecule has 0 aromatic heterocycles. The molecule has 6 heteroatoms. The molecule has 0 aliphatic rings. The van der Waals surface area contributed by atoms with Gasteiger partial charge >= 0.3 is 5.97 Å². The van der Waals surface area contributed by atoms with Crippen molar-refractivity contribution >= 4 is 11.9 Å². The highest BCUT2D eigenvalue weighted by Crippen LogP contribution is 2.14. The van der Waals surface area contributed by atoms with Crippen LogP contribution in [0.4, 0.5) is 0 Å². The van der Waals surface area contributed by atoms with Gasteiger partial charge in [0.2, 0.25) is 5.91 Å². The Kier molecular flexibility index (Phi) is 5.47. The Bertz CT molecular complexity index is 434. The second kappa shape index (κ2) is 6.86. The van der Waals surface area contributed by atoms with Crippen LogP contribution in [0.25, 0.3) is 0 Å². The zero-order valence-electron chi connectivity index (χ0n) is 10.6. The van der Waals surface area contributed by atoms with Crippen molar-refractivity contribution < 1.29 is 19.8 Å². The van der Waals surface area contributed by atoms with Crippen molar-refractivity contribution in [1.82, 2.24) is 5.32 Å². The van der Waals surface area contributed by atoms with Crippen LogP contribution in [0.3, 0.4) is 0 Å². The highest BCUT2D eigenvalue weighted by atomic mass is 16.4. The van der Waals surface area contributed by atoms with E-state index in [0.29, 0.717) is 5.56 Å². The zero-order chi connectivity index (χ0) is 14.4. The summed E-state index contributed by atoms with van der Waals surface area (Å²) in [5.41, 5.74) is 6.27. The molecule has 1 unspecified atom stereocenters. The number of nitrogens with one attached hydrogen (secondary N) is 1. The average Bonchev–Trinajstić information content (AvgIpc) is 2.37. The van der Waals surface area contributed by atoms with Crippen molar-refractivity contribution in [2.24, 2.45) is 5.73 Å². The molecule has 0 heterocycles. The quantitative estimate of drug-likeness (QED) is 0.563. The Labute approximate surface area is 111 Å². The Hall–Kier alpha value is -1.92. The van der Waals surface area contributed by atoms with Gasteiger partial charge in [-0.1, -0.05) is 30.3 Å². The summed E-state index contributed by atoms with van der Waals surface area (Å²) >= 11 is 0. The molecule has 0 saturated heterocycles. The summed E-state index contributed by atoms with van der Waals surface area (Å²) < 4.78 is 0. The number of amides is 1. The molecular formula is C13H18N2O4. The number of hydrogen-bond acceptors (Lipinski definition) is 4. The van der Waals surface area contributed by atoms with Gasteiger partial charge in [0.15, 0.2) is 6.04 Å². The topological polar surface area (TPSA) is 113 Å². The highest BCUT2D eigenvalue weighted by Gasteiger charge is 2.28. The van der Waals surface area contributed by atoms with Gasteiger partial charge in [0.25, 0.3) is 0 Å². The lowest BCUT2D eigenvalue weighted by Crippen LogP contribution is -2.49. The summed E-state index contributed by atoms with van der Waals surface area (Å²) in [6, 6.07) is 7.50. The van der Waals surface area contributed by atoms with Gasteiger partial charge in [-0.2, -0.15) is 0 Å². The molecule has 3 atom stereocenters. The molecule has 1 amide bonds. The summed E-state index contributed by atoms with van der Waals surface area (Å²) in [5.74, 6) is -2.43. The van der Waals surface area contributed by atoms with E-state index in [0.717, 1.165) is 0 Å². The zero-order valence-corrected chi connectivity index (χ0v) is 10.6. The summed E-state index contributed by atoms with van der Waals surface area (Å²) in [7, 11) is 0. The van der Waals surface area contributed by atoms with Crippen molar-refractivity contribution in [2.75, 3.05) is 6.54 Å². The maximum absolute atomic E-state index is 12.0. The number of aliphatic carboxylic acids is 1. The van der Waals surface area contributed by atoms with Gasteiger partial charge in [0, 0.05) is 6.54 Å². The van der Waals surface area contributed by atoms with E-state index >= 15 is 0 Å². The molecule has 104 valence electrons. The number of carbonyl (C=O) groups excluding carboxylic acids is 1. The van der Waals surface area contributed by atoms with E-state index < -0.39 is 29.9 Å². The lowest BCUT2D eigenvalue weighted by molar-refractivity contribution is -0.145. The first-order valence-corrected chi connectivity index (χ1v) is 5.93. The number of benzene rings is 1. The van der Waals surface area contributed by atoms with E-state index in [1.807, 2.05) is 6.07 Å². The normalized spacial score (nSPS) is 15.3. The Morgan fingerprint density at radius 3 is 2.32 bits per heavy atom. The van der Waals surface area contributed by atoms with E-state index in [9.17, 15) is 14.7 Å². The van der Waals surface area contributed by atoms with Crippen molar-refractivity contribution in [1.29, 1.82) is 0 Å². The van der Waals surface area contributed by atoms with Gasteiger partial charge in [-0.15, -0.1) is 0 Å². The molecule has 1 rings (SSSR count). The van der Waals surface area contributed by atoms with Gasteiger partial charge in [0.05, 0.1) is 12.0 Å². The average molecular weight is 266 g/mol. The predicted octanol–water partition coefficient (Wildman–Crippen LogP) is -0.321. The molecular weight excluding hydrogens is 248 g/mol. The van der Waals surface area contributed by atoms with E-state index in [1.54, 1.807) is 24.3 Å². The van der Waals surface area contributed by atoms with Crippen LogP contribution in [0.1, 0.15) is 18.4 Å². The van der Waals surface area contributed by atoms with Crippen LogP contribution in [0.15, 0.2) is 30.3 Å². The predicted molar refractivity (Wildman–Crippen MR) is 69.5 cm³/mol. The fraction of sp³-hybridized carbons (Fsp3) is 0.385. The van der Waals surface area contributed by atoms with Crippen molar-refractivity contribution in [3.63, 3.8) is 0 Å². The van der Waals surface area contributed by atoms with Crippen LogP contribution in [0, 0.1) is 0 Å². The third-order valence-electron chi connectivity index (χ3n) is 2.80. The first-order chi connectivity index (χ1) is 8.97. The molecule has 0 bridgehead atoms. The monoisotopic (exact) mass is 266 g/mol. The lowest BCUT2D eigenvalue weighted by Gasteiger charge is -2.21. The maximum atomic E-state index is 12.0. The fourth-order valence-corrected chi connectivity index (χ4v) is 1.72. The highest BCUT2D eigenvalue weighted by molar-refractivity contribution is 5.88. The molecule has 0 fully saturated rings. The van der Waals surface area contributed by atoms with Crippen LogP contribution in [-0.4, -0.2) is 40.8 Å².